The maximum atomic E-state index is 11.5. The minimum Gasteiger partial charge on any atom is -0.508 e. The summed E-state index contributed by atoms with van der Waals surface area (Å²) < 4.78 is 6.87. The Hall–Kier alpha value is -3.80. The van der Waals surface area contributed by atoms with Gasteiger partial charge in [-0.25, -0.2) is 9.78 Å². The van der Waals surface area contributed by atoms with Crippen LogP contribution in [0.25, 0.3) is 27.8 Å². The van der Waals surface area contributed by atoms with Crippen molar-refractivity contribution in [1.29, 1.82) is 0 Å². The zero-order valence-corrected chi connectivity index (χ0v) is 15.3. The van der Waals surface area contributed by atoms with E-state index in [1.54, 1.807) is 25.4 Å². The summed E-state index contributed by atoms with van der Waals surface area (Å²) in [6.07, 6.45) is 1.31. The molecule has 1 aromatic heterocycles. The van der Waals surface area contributed by atoms with Gasteiger partial charge in [-0.05, 0) is 66.6 Å². The van der Waals surface area contributed by atoms with Crippen molar-refractivity contribution in [2.45, 2.75) is 6.92 Å². The molecule has 2 N–H and O–H groups in total. The Balaban J connectivity index is 1.61. The number of aromatic nitrogens is 2. The van der Waals surface area contributed by atoms with Gasteiger partial charge in [-0.3, -0.25) is 9.88 Å². The highest BCUT2D eigenvalue weighted by Gasteiger charge is 2.08. The SMILES string of the molecule is CCOC(=O)Nc1ccc(-n2cnc3cc(-c4ccc(O)cc4)ccc32)cc1. The molecule has 6 heteroatoms. The van der Waals surface area contributed by atoms with Crippen LogP contribution >= 0.6 is 0 Å². The van der Waals surface area contributed by atoms with Crippen LogP contribution in [-0.2, 0) is 4.74 Å². The number of carbonyl (C=O) groups excluding carboxylic acids is 1. The highest BCUT2D eigenvalue weighted by molar-refractivity contribution is 5.85. The average molecular weight is 373 g/mol. The van der Waals surface area contributed by atoms with E-state index in [1.165, 1.54) is 0 Å². The van der Waals surface area contributed by atoms with Crippen molar-refractivity contribution in [3.8, 4) is 22.6 Å². The molecule has 4 rings (SSSR count). The number of benzene rings is 3. The van der Waals surface area contributed by atoms with Crippen molar-refractivity contribution < 1.29 is 14.6 Å². The van der Waals surface area contributed by atoms with Crippen LogP contribution < -0.4 is 5.32 Å². The first-order chi connectivity index (χ1) is 13.6. The number of imidazole rings is 1. The van der Waals surface area contributed by atoms with Gasteiger partial charge in [-0.2, -0.15) is 0 Å². The molecular formula is C22H19N3O3. The quantitative estimate of drug-likeness (QED) is 0.530. The predicted octanol–water partition coefficient (Wildman–Crippen LogP) is 4.97. The lowest BCUT2D eigenvalue weighted by atomic mass is 10.1. The fourth-order valence-electron chi connectivity index (χ4n) is 3.04. The number of ether oxygens (including phenoxy) is 1. The molecule has 0 fully saturated rings. The average Bonchev–Trinajstić information content (AvgIpc) is 3.12. The van der Waals surface area contributed by atoms with E-state index in [-0.39, 0.29) is 5.75 Å². The van der Waals surface area contributed by atoms with Gasteiger partial charge in [0.05, 0.1) is 17.6 Å². The first-order valence-electron chi connectivity index (χ1n) is 8.95. The van der Waals surface area contributed by atoms with E-state index in [0.717, 1.165) is 27.8 Å². The van der Waals surface area contributed by atoms with Crippen LogP contribution in [0.4, 0.5) is 10.5 Å². The molecule has 0 aliphatic rings. The molecule has 1 amide bonds. The molecular weight excluding hydrogens is 354 g/mol. The normalized spacial score (nSPS) is 10.8. The van der Waals surface area contributed by atoms with Gasteiger partial charge in [0.2, 0.25) is 0 Å². The number of hydrogen-bond acceptors (Lipinski definition) is 4. The lowest BCUT2D eigenvalue weighted by Crippen LogP contribution is -2.13. The minimum atomic E-state index is -0.468. The summed E-state index contributed by atoms with van der Waals surface area (Å²) in [6, 6.07) is 20.6. The van der Waals surface area contributed by atoms with Crippen LogP contribution in [0.3, 0.4) is 0 Å². The molecule has 0 aliphatic heterocycles. The van der Waals surface area contributed by atoms with Crippen molar-refractivity contribution in [2.24, 2.45) is 0 Å². The predicted molar refractivity (Wildman–Crippen MR) is 109 cm³/mol. The van der Waals surface area contributed by atoms with Crippen LogP contribution in [0.5, 0.6) is 5.75 Å². The van der Waals surface area contributed by atoms with Crippen LogP contribution in [0, 0.1) is 0 Å². The maximum Gasteiger partial charge on any atom is 0.411 e. The number of nitrogens with zero attached hydrogens (tertiary/aromatic N) is 2. The number of aromatic hydroxyl groups is 1. The van der Waals surface area contributed by atoms with Crippen LogP contribution in [0.15, 0.2) is 73.1 Å². The van der Waals surface area contributed by atoms with Crippen molar-refractivity contribution >= 4 is 22.8 Å². The molecule has 6 nitrogen and oxygen atoms in total. The van der Waals surface area contributed by atoms with Gasteiger partial charge in [-0.15, -0.1) is 0 Å². The Morgan fingerprint density at radius 3 is 2.46 bits per heavy atom. The summed E-state index contributed by atoms with van der Waals surface area (Å²) in [5.74, 6) is 0.245. The third-order valence-electron chi connectivity index (χ3n) is 4.42. The van der Waals surface area contributed by atoms with E-state index in [4.69, 9.17) is 4.74 Å². The highest BCUT2D eigenvalue weighted by atomic mass is 16.5. The van der Waals surface area contributed by atoms with E-state index >= 15 is 0 Å². The van der Waals surface area contributed by atoms with Crippen LogP contribution in [0.1, 0.15) is 6.92 Å². The lowest BCUT2D eigenvalue weighted by Gasteiger charge is -2.08. The number of phenols is 1. The number of rotatable bonds is 4. The minimum absolute atomic E-state index is 0.245. The van der Waals surface area contributed by atoms with E-state index in [0.29, 0.717) is 12.3 Å². The Morgan fingerprint density at radius 1 is 1.04 bits per heavy atom. The number of carbonyl (C=O) groups is 1. The summed E-state index contributed by atoms with van der Waals surface area (Å²) in [6.45, 7) is 2.09. The summed E-state index contributed by atoms with van der Waals surface area (Å²) in [5.41, 5.74) is 5.51. The monoisotopic (exact) mass is 373 g/mol. The van der Waals surface area contributed by atoms with Gasteiger partial charge in [0.15, 0.2) is 0 Å². The Morgan fingerprint density at radius 2 is 1.75 bits per heavy atom. The number of amides is 1. The third kappa shape index (κ3) is 3.53. The van der Waals surface area contributed by atoms with Gasteiger partial charge < -0.3 is 9.84 Å². The topological polar surface area (TPSA) is 76.4 Å². The summed E-state index contributed by atoms with van der Waals surface area (Å²) >= 11 is 0. The molecule has 0 unspecified atom stereocenters. The van der Waals surface area contributed by atoms with E-state index in [2.05, 4.69) is 10.3 Å². The number of fused-ring (bicyclic) bond motifs is 1. The molecule has 3 aromatic carbocycles. The third-order valence-corrected chi connectivity index (χ3v) is 4.42. The fraction of sp³-hybridized carbons (Fsp3) is 0.0909. The van der Waals surface area contributed by atoms with Crippen molar-refractivity contribution in [3.05, 3.63) is 73.1 Å². The largest absolute Gasteiger partial charge is 0.508 e. The number of phenolic OH excluding ortho intramolecular Hbond substituents is 1. The first kappa shape index (κ1) is 17.6. The number of anilines is 1. The summed E-state index contributed by atoms with van der Waals surface area (Å²) in [5, 5.41) is 12.1. The van der Waals surface area contributed by atoms with E-state index in [1.807, 2.05) is 59.2 Å². The van der Waals surface area contributed by atoms with Crippen molar-refractivity contribution in [2.75, 3.05) is 11.9 Å². The maximum absolute atomic E-state index is 11.5. The van der Waals surface area contributed by atoms with Gasteiger partial charge in [-0.1, -0.05) is 18.2 Å². The Kier molecular flexibility index (Phi) is 4.68. The molecule has 0 aliphatic carbocycles. The molecule has 1 heterocycles. The molecule has 0 radical (unpaired) electrons. The standard InChI is InChI=1S/C22H19N3O3/c1-2-28-22(27)24-17-6-8-18(9-7-17)25-14-23-20-13-16(5-12-21(20)25)15-3-10-19(26)11-4-15/h3-14,26H,2H2,1H3,(H,24,27). The van der Waals surface area contributed by atoms with Crippen molar-refractivity contribution in [3.63, 3.8) is 0 Å². The first-order valence-corrected chi connectivity index (χ1v) is 8.95. The van der Waals surface area contributed by atoms with E-state index in [9.17, 15) is 9.90 Å². The number of hydrogen-bond donors (Lipinski definition) is 2. The highest BCUT2D eigenvalue weighted by Crippen LogP contribution is 2.27. The second kappa shape index (κ2) is 7.44. The van der Waals surface area contributed by atoms with Gasteiger partial charge in [0.1, 0.15) is 12.1 Å². The van der Waals surface area contributed by atoms with Crippen molar-refractivity contribution in [1.82, 2.24) is 9.55 Å². The molecule has 0 spiro atoms. The van der Waals surface area contributed by atoms with E-state index < -0.39 is 6.09 Å². The second-order valence-corrected chi connectivity index (χ2v) is 6.26. The second-order valence-electron chi connectivity index (χ2n) is 6.26. The van der Waals surface area contributed by atoms with Gasteiger partial charge in [0.25, 0.3) is 0 Å². The van der Waals surface area contributed by atoms with Crippen LogP contribution in [0.2, 0.25) is 0 Å². The molecule has 0 atom stereocenters. The smallest absolute Gasteiger partial charge is 0.411 e. The zero-order valence-electron chi connectivity index (χ0n) is 15.3. The molecule has 4 aromatic rings. The van der Waals surface area contributed by atoms with Gasteiger partial charge in [0, 0.05) is 11.4 Å². The summed E-state index contributed by atoms with van der Waals surface area (Å²) in [7, 11) is 0. The Labute approximate surface area is 162 Å². The molecule has 0 saturated heterocycles. The lowest BCUT2D eigenvalue weighted by molar-refractivity contribution is 0.168. The molecule has 140 valence electrons. The Bertz CT molecular complexity index is 1120. The molecule has 28 heavy (non-hydrogen) atoms. The number of nitrogens with one attached hydrogen (secondary N) is 1. The molecule has 0 bridgehead atoms. The zero-order chi connectivity index (χ0) is 19.5. The van der Waals surface area contributed by atoms with Crippen LogP contribution in [-0.4, -0.2) is 27.4 Å². The summed E-state index contributed by atoms with van der Waals surface area (Å²) in [4.78, 5) is 16.0. The van der Waals surface area contributed by atoms with Gasteiger partial charge >= 0.3 is 6.09 Å². The molecule has 0 saturated carbocycles. The fourth-order valence-corrected chi connectivity index (χ4v) is 3.04.